The molecule has 2 aromatic carbocycles. The number of hydrogen-bond acceptors (Lipinski definition) is 9. The first-order chi connectivity index (χ1) is 15.9. The molecule has 1 heterocycles. The van der Waals surface area contributed by atoms with Gasteiger partial charge in [-0.15, -0.1) is 10.2 Å². The third-order valence-electron chi connectivity index (χ3n) is 4.20. The van der Waals surface area contributed by atoms with Gasteiger partial charge in [0.05, 0.1) is 17.3 Å². The van der Waals surface area contributed by atoms with Crippen molar-refractivity contribution in [2.75, 3.05) is 23.0 Å². The maximum absolute atomic E-state index is 12.4. The largest absolute Gasteiger partial charge is 0.494 e. The molecule has 0 aliphatic carbocycles. The number of benzene rings is 2. The van der Waals surface area contributed by atoms with Gasteiger partial charge in [-0.2, -0.15) is 0 Å². The van der Waals surface area contributed by atoms with E-state index < -0.39 is 4.92 Å². The van der Waals surface area contributed by atoms with Gasteiger partial charge in [-0.25, -0.2) is 0 Å². The molecule has 12 heteroatoms. The van der Waals surface area contributed by atoms with E-state index in [2.05, 4.69) is 27.8 Å². The predicted octanol–water partition coefficient (Wildman–Crippen LogP) is 4.61. The highest BCUT2D eigenvalue weighted by atomic mass is 32.2. The van der Waals surface area contributed by atoms with Gasteiger partial charge in [0.1, 0.15) is 5.75 Å². The van der Waals surface area contributed by atoms with Crippen molar-refractivity contribution in [2.24, 2.45) is 0 Å². The summed E-state index contributed by atoms with van der Waals surface area (Å²) in [6, 6.07) is 12.4. The Morgan fingerprint density at radius 2 is 1.82 bits per heavy atom. The van der Waals surface area contributed by atoms with Crippen LogP contribution in [0.4, 0.5) is 16.5 Å². The van der Waals surface area contributed by atoms with Crippen LogP contribution in [0, 0.1) is 10.1 Å². The number of nitro groups is 1. The van der Waals surface area contributed by atoms with Crippen LogP contribution >= 0.6 is 23.1 Å². The summed E-state index contributed by atoms with van der Waals surface area (Å²) in [5, 5.41) is 24.2. The van der Waals surface area contributed by atoms with Crippen molar-refractivity contribution in [2.45, 2.75) is 24.1 Å². The lowest BCUT2D eigenvalue weighted by molar-refractivity contribution is -0.384. The summed E-state index contributed by atoms with van der Waals surface area (Å²) in [6.45, 7) is 2.73. The number of nitrogens with one attached hydrogen (secondary N) is 2. The van der Waals surface area contributed by atoms with Crippen molar-refractivity contribution < 1.29 is 19.2 Å². The first-order valence-electron chi connectivity index (χ1n) is 9.99. The van der Waals surface area contributed by atoms with E-state index in [0.29, 0.717) is 33.1 Å². The molecule has 0 radical (unpaired) electrons. The number of nitro benzene ring substituents is 1. The molecule has 10 nitrogen and oxygen atoms in total. The van der Waals surface area contributed by atoms with Gasteiger partial charge in [-0.3, -0.25) is 25.0 Å². The molecule has 2 N–H and O–H groups in total. The van der Waals surface area contributed by atoms with Gasteiger partial charge in [0.25, 0.3) is 11.6 Å². The number of unbranched alkanes of at least 4 members (excludes halogenated alkanes) is 1. The number of aromatic nitrogens is 2. The predicted molar refractivity (Wildman–Crippen MR) is 127 cm³/mol. The summed E-state index contributed by atoms with van der Waals surface area (Å²) in [7, 11) is 0. The molecule has 0 bridgehead atoms. The lowest BCUT2D eigenvalue weighted by Crippen LogP contribution is -2.13. The third-order valence-corrected chi connectivity index (χ3v) is 6.17. The van der Waals surface area contributed by atoms with E-state index >= 15 is 0 Å². The molecule has 0 aliphatic rings. The lowest BCUT2D eigenvalue weighted by Gasteiger charge is -2.06. The minimum absolute atomic E-state index is 0.0536. The normalized spacial score (nSPS) is 10.5. The quantitative estimate of drug-likeness (QED) is 0.132. The minimum Gasteiger partial charge on any atom is -0.494 e. The molecule has 172 valence electrons. The third kappa shape index (κ3) is 7.54. The zero-order valence-corrected chi connectivity index (χ0v) is 19.3. The number of thioether (sulfide) groups is 1. The van der Waals surface area contributed by atoms with Crippen LogP contribution in [0.1, 0.15) is 30.1 Å². The maximum atomic E-state index is 12.4. The molecule has 33 heavy (non-hydrogen) atoms. The SMILES string of the molecule is CCCCOc1ccc(C(=O)Nc2nnc(SCC(=O)Nc3ccc([N+](=O)[O-])cc3)s2)cc1. The van der Waals surface area contributed by atoms with Crippen LogP contribution in [0.15, 0.2) is 52.9 Å². The summed E-state index contributed by atoms with van der Waals surface area (Å²) < 4.78 is 6.10. The van der Waals surface area contributed by atoms with Crippen molar-refractivity contribution in [3.05, 3.63) is 64.2 Å². The molecule has 1 aromatic heterocycles. The molecule has 2 amide bonds. The van der Waals surface area contributed by atoms with Gasteiger partial charge >= 0.3 is 0 Å². The number of amides is 2. The number of non-ortho nitro benzene ring substituents is 1. The molecule has 0 saturated carbocycles. The van der Waals surface area contributed by atoms with Crippen molar-refractivity contribution >= 4 is 51.4 Å². The molecule has 3 aromatic rings. The Morgan fingerprint density at radius 1 is 1.09 bits per heavy atom. The van der Waals surface area contributed by atoms with Crippen molar-refractivity contribution in [3.63, 3.8) is 0 Å². The summed E-state index contributed by atoms with van der Waals surface area (Å²) >= 11 is 2.32. The van der Waals surface area contributed by atoms with Gasteiger partial charge < -0.3 is 10.1 Å². The van der Waals surface area contributed by atoms with Gasteiger partial charge in [0, 0.05) is 23.4 Å². The molecular formula is C21H21N5O5S2. The molecule has 0 saturated heterocycles. The maximum Gasteiger partial charge on any atom is 0.269 e. The summed E-state index contributed by atoms with van der Waals surface area (Å²) in [5.41, 5.74) is 0.866. The summed E-state index contributed by atoms with van der Waals surface area (Å²) in [5.74, 6) is 0.162. The molecule has 0 spiro atoms. The second-order valence-corrected chi connectivity index (χ2v) is 8.89. The second kappa shape index (κ2) is 11.9. The van der Waals surface area contributed by atoms with Crippen molar-refractivity contribution in [3.8, 4) is 5.75 Å². The molecule has 3 rings (SSSR count). The number of rotatable bonds is 11. The lowest BCUT2D eigenvalue weighted by atomic mass is 10.2. The number of carbonyl (C=O) groups excluding carboxylic acids is 2. The first-order valence-corrected chi connectivity index (χ1v) is 11.8. The average Bonchev–Trinajstić information content (AvgIpc) is 3.26. The molecule has 0 fully saturated rings. The van der Waals surface area contributed by atoms with E-state index in [1.807, 2.05) is 0 Å². The number of anilines is 2. The van der Waals surface area contributed by atoms with Crippen LogP contribution < -0.4 is 15.4 Å². The Balaban J connectivity index is 1.45. The van der Waals surface area contributed by atoms with Gasteiger partial charge in [0.15, 0.2) is 4.34 Å². The minimum atomic E-state index is -0.509. The number of ether oxygens (including phenoxy) is 1. The number of carbonyl (C=O) groups is 2. The van der Waals surface area contributed by atoms with Crippen molar-refractivity contribution in [1.29, 1.82) is 0 Å². The molecule has 0 atom stereocenters. The highest BCUT2D eigenvalue weighted by molar-refractivity contribution is 8.01. The van der Waals surface area contributed by atoms with Crippen LogP contribution in [-0.4, -0.2) is 39.3 Å². The average molecular weight is 488 g/mol. The van der Waals surface area contributed by atoms with Crippen LogP contribution in [0.3, 0.4) is 0 Å². The van der Waals surface area contributed by atoms with Crippen LogP contribution in [0.25, 0.3) is 0 Å². The Bertz CT molecular complexity index is 1100. The topological polar surface area (TPSA) is 136 Å². The van der Waals surface area contributed by atoms with Crippen LogP contribution in [0.2, 0.25) is 0 Å². The van der Waals surface area contributed by atoms with E-state index in [0.717, 1.165) is 24.2 Å². The fourth-order valence-corrected chi connectivity index (χ4v) is 4.06. The van der Waals surface area contributed by atoms with E-state index in [4.69, 9.17) is 4.74 Å². The van der Waals surface area contributed by atoms with E-state index in [1.165, 1.54) is 36.0 Å². The van der Waals surface area contributed by atoms with Gasteiger partial charge in [0.2, 0.25) is 11.0 Å². The zero-order chi connectivity index (χ0) is 23.6. The Morgan fingerprint density at radius 3 is 2.48 bits per heavy atom. The zero-order valence-electron chi connectivity index (χ0n) is 17.6. The summed E-state index contributed by atoms with van der Waals surface area (Å²) in [4.78, 5) is 34.7. The Kier molecular flexibility index (Phi) is 8.72. The molecule has 0 aliphatic heterocycles. The highest BCUT2D eigenvalue weighted by Crippen LogP contribution is 2.26. The van der Waals surface area contributed by atoms with E-state index in [-0.39, 0.29) is 23.3 Å². The first kappa shape index (κ1) is 24.1. The van der Waals surface area contributed by atoms with Crippen LogP contribution in [0.5, 0.6) is 5.75 Å². The fourth-order valence-electron chi connectivity index (χ4n) is 2.52. The fraction of sp³-hybridized carbons (Fsp3) is 0.238. The Labute approximate surface area is 197 Å². The second-order valence-electron chi connectivity index (χ2n) is 6.69. The number of hydrogen-bond donors (Lipinski definition) is 2. The van der Waals surface area contributed by atoms with E-state index in [1.54, 1.807) is 24.3 Å². The van der Waals surface area contributed by atoms with E-state index in [9.17, 15) is 19.7 Å². The molecular weight excluding hydrogens is 466 g/mol. The number of nitrogens with zero attached hydrogens (tertiary/aromatic N) is 3. The Hall–Kier alpha value is -3.51. The molecule has 0 unspecified atom stereocenters. The van der Waals surface area contributed by atoms with Crippen LogP contribution in [-0.2, 0) is 4.79 Å². The monoisotopic (exact) mass is 487 g/mol. The smallest absolute Gasteiger partial charge is 0.269 e. The van der Waals surface area contributed by atoms with Crippen molar-refractivity contribution in [1.82, 2.24) is 10.2 Å². The van der Waals surface area contributed by atoms with Gasteiger partial charge in [-0.1, -0.05) is 36.4 Å². The standard InChI is InChI=1S/C21H21N5O5S2/c1-2-3-12-31-17-10-4-14(5-11-17)19(28)23-20-24-25-21(33-20)32-13-18(27)22-15-6-8-16(9-7-15)26(29)30/h4-11H,2-3,12-13H2,1H3,(H,22,27)(H,23,24,28). The van der Waals surface area contributed by atoms with Gasteiger partial charge in [-0.05, 0) is 42.8 Å². The highest BCUT2D eigenvalue weighted by Gasteiger charge is 2.13. The summed E-state index contributed by atoms with van der Waals surface area (Å²) in [6.07, 6.45) is 2.02.